The maximum absolute atomic E-state index is 2.71. The van der Waals surface area contributed by atoms with Crippen molar-refractivity contribution in [2.24, 2.45) is 5.41 Å². The molecule has 0 atom stereocenters. The second-order valence-corrected chi connectivity index (χ2v) is 21.7. The SMILES string of the molecule is Cc1cc2c3c(c1)N(c1ccc4c5c(cccc15)CCC4)c1cc(C(C)(C)C)ccc1B3c1cc3c(cc1N2Cc1ccc(C(C)(C)C)cc1-c1ccccc1)CC(C)(C)C3. The number of nitrogens with zero attached hydrogens (tertiary/aromatic N) is 2. The standard InChI is InChI=1S/C58H59BN2/c1-36-27-52-55-53(28-36)61(49-26-22-39-18-13-17-38-19-14-20-45(49)54(38)39)51-32-44(57(5,6)7)24-25-47(51)59(55)48-29-41-33-58(8,9)34-42(41)30-50(48)60(52)35-40-21-23-43(56(2,3)4)31-46(40)37-15-11-10-12-16-37/h10-12,14-16,19-32H,13,17-18,33-35H2,1-9H3. The number of benzene rings is 7. The summed E-state index contributed by atoms with van der Waals surface area (Å²) in [6.07, 6.45) is 5.75. The van der Waals surface area contributed by atoms with Crippen molar-refractivity contribution < 1.29 is 0 Å². The van der Waals surface area contributed by atoms with E-state index in [1.807, 2.05) is 0 Å². The van der Waals surface area contributed by atoms with Gasteiger partial charge in [-0.15, -0.1) is 0 Å². The summed E-state index contributed by atoms with van der Waals surface area (Å²) < 4.78 is 0. The Morgan fingerprint density at radius 3 is 2.02 bits per heavy atom. The highest BCUT2D eigenvalue weighted by Gasteiger charge is 2.45. The second kappa shape index (κ2) is 13.5. The first-order chi connectivity index (χ1) is 29.1. The highest BCUT2D eigenvalue weighted by molar-refractivity contribution is 7.00. The average molecular weight is 795 g/mol. The average Bonchev–Trinajstić information content (AvgIpc) is 3.53. The van der Waals surface area contributed by atoms with Crippen LogP contribution in [-0.4, -0.2) is 6.71 Å². The van der Waals surface area contributed by atoms with Gasteiger partial charge >= 0.3 is 0 Å². The van der Waals surface area contributed by atoms with Crippen molar-refractivity contribution in [1.82, 2.24) is 0 Å². The summed E-state index contributed by atoms with van der Waals surface area (Å²) in [7, 11) is 0. The van der Waals surface area contributed by atoms with E-state index in [1.165, 1.54) is 118 Å². The third-order valence-electron chi connectivity index (χ3n) is 14.6. The molecule has 0 N–H and O–H groups in total. The minimum Gasteiger partial charge on any atom is -0.338 e. The summed E-state index contributed by atoms with van der Waals surface area (Å²) in [6, 6.07) is 48.0. The van der Waals surface area contributed by atoms with Crippen LogP contribution in [0.2, 0.25) is 0 Å². The van der Waals surface area contributed by atoms with Crippen LogP contribution < -0.4 is 26.2 Å². The van der Waals surface area contributed by atoms with E-state index in [2.05, 4.69) is 193 Å². The zero-order valence-electron chi connectivity index (χ0n) is 37.8. The molecule has 0 fully saturated rings. The van der Waals surface area contributed by atoms with Gasteiger partial charge in [-0.05, 0) is 163 Å². The van der Waals surface area contributed by atoms with E-state index in [0.29, 0.717) is 0 Å². The number of anilines is 5. The number of hydrogen-bond donors (Lipinski definition) is 0. The molecule has 0 radical (unpaired) electrons. The Hall–Kier alpha value is -5.54. The lowest BCUT2D eigenvalue weighted by Gasteiger charge is -2.45. The molecule has 2 aliphatic heterocycles. The van der Waals surface area contributed by atoms with Gasteiger partial charge in [-0.1, -0.05) is 146 Å². The van der Waals surface area contributed by atoms with Gasteiger partial charge in [0.15, 0.2) is 0 Å². The molecule has 3 heteroatoms. The molecular weight excluding hydrogens is 735 g/mol. The molecule has 0 amide bonds. The first-order valence-electron chi connectivity index (χ1n) is 22.9. The fourth-order valence-corrected chi connectivity index (χ4v) is 11.5. The Morgan fingerprint density at radius 1 is 0.574 bits per heavy atom. The van der Waals surface area contributed by atoms with Gasteiger partial charge in [-0.25, -0.2) is 0 Å². The molecule has 4 aliphatic rings. The minimum absolute atomic E-state index is 0.00531. The zero-order chi connectivity index (χ0) is 42.2. The minimum atomic E-state index is 0.00531. The van der Waals surface area contributed by atoms with Crippen molar-refractivity contribution >= 4 is 62.3 Å². The molecule has 7 aromatic rings. The number of aryl methyl sites for hydroxylation is 3. The molecule has 0 spiro atoms. The van der Waals surface area contributed by atoms with Crippen molar-refractivity contribution in [3.05, 3.63) is 166 Å². The number of hydrogen-bond acceptors (Lipinski definition) is 2. The molecule has 2 aliphatic carbocycles. The summed E-state index contributed by atoms with van der Waals surface area (Å²) in [5.74, 6) is 0. The van der Waals surface area contributed by atoms with Gasteiger partial charge in [0.1, 0.15) is 0 Å². The molecule has 0 aromatic heterocycles. The lowest BCUT2D eigenvalue weighted by atomic mass is 9.33. The number of rotatable bonds is 4. The summed E-state index contributed by atoms with van der Waals surface area (Å²) in [5.41, 5.74) is 25.2. The Bertz CT molecular complexity index is 2930. The third kappa shape index (κ3) is 6.20. The maximum atomic E-state index is 2.71. The zero-order valence-corrected chi connectivity index (χ0v) is 37.8. The lowest BCUT2D eigenvalue weighted by Crippen LogP contribution is -2.62. The van der Waals surface area contributed by atoms with Gasteiger partial charge in [0.05, 0.1) is 5.69 Å². The normalized spacial score (nSPS) is 16.0. The first kappa shape index (κ1) is 38.4. The van der Waals surface area contributed by atoms with Gasteiger partial charge in [0, 0.05) is 34.7 Å². The van der Waals surface area contributed by atoms with Gasteiger partial charge < -0.3 is 9.80 Å². The van der Waals surface area contributed by atoms with Crippen LogP contribution in [0.4, 0.5) is 28.4 Å². The van der Waals surface area contributed by atoms with Gasteiger partial charge in [0.25, 0.3) is 6.71 Å². The maximum Gasteiger partial charge on any atom is 0.252 e. The van der Waals surface area contributed by atoms with Crippen LogP contribution in [-0.2, 0) is 43.1 Å². The van der Waals surface area contributed by atoms with Crippen LogP contribution in [0.25, 0.3) is 21.9 Å². The second-order valence-electron chi connectivity index (χ2n) is 21.7. The van der Waals surface area contributed by atoms with Crippen LogP contribution in [0.1, 0.15) is 106 Å². The van der Waals surface area contributed by atoms with Crippen molar-refractivity contribution in [2.45, 2.75) is 112 Å². The molecule has 0 unspecified atom stereocenters. The summed E-state index contributed by atoms with van der Waals surface area (Å²) >= 11 is 0. The third-order valence-corrected chi connectivity index (χ3v) is 14.6. The van der Waals surface area contributed by atoms with E-state index >= 15 is 0 Å². The monoisotopic (exact) mass is 794 g/mol. The van der Waals surface area contributed by atoms with Crippen LogP contribution in [0.3, 0.4) is 0 Å². The molecule has 2 heterocycles. The quantitative estimate of drug-likeness (QED) is 0.164. The molecule has 0 saturated heterocycles. The van der Waals surface area contributed by atoms with Gasteiger partial charge in [0.2, 0.25) is 0 Å². The molecule has 0 bridgehead atoms. The highest BCUT2D eigenvalue weighted by atomic mass is 15.2. The van der Waals surface area contributed by atoms with E-state index in [0.717, 1.165) is 32.2 Å². The summed E-state index contributed by atoms with van der Waals surface area (Å²) in [6.45, 7) is 22.2. The molecule has 11 rings (SSSR count). The van der Waals surface area contributed by atoms with E-state index < -0.39 is 0 Å². The highest BCUT2D eigenvalue weighted by Crippen LogP contribution is 2.48. The predicted octanol–water partition coefficient (Wildman–Crippen LogP) is 13.0. The summed E-state index contributed by atoms with van der Waals surface area (Å²) in [4.78, 5) is 5.39. The van der Waals surface area contributed by atoms with Crippen molar-refractivity contribution in [2.75, 3.05) is 9.80 Å². The Balaban J connectivity index is 1.20. The van der Waals surface area contributed by atoms with E-state index in [9.17, 15) is 0 Å². The number of fused-ring (bicyclic) bond motifs is 5. The van der Waals surface area contributed by atoms with Gasteiger partial charge in [-0.2, -0.15) is 0 Å². The van der Waals surface area contributed by atoms with Crippen LogP contribution >= 0.6 is 0 Å². The Labute approximate surface area is 364 Å². The molecular formula is C58H59BN2. The van der Waals surface area contributed by atoms with Crippen LogP contribution in [0.15, 0.2) is 121 Å². The molecule has 0 saturated carbocycles. The van der Waals surface area contributed by atoms with Crippen molar-refractivity contribution in [3.63, 3.8) is 0 Å². The first-order valence-corrected chi connectivity index (χ1v) is 22.9. The summed E-state index contributed by atoms with van der Waals surface area (Å²) in [5, 5.41) is 2.84. The smallest absolute Gasteiger partial charge is 0.252 e. The largest absolute Gasteiger partial charge is 0.338 e. The topological polar surface area (TPSA) is 6.48 Å². The van der Waals surface area contributed by atoms with Gasteiger partial charge in [-0.3, -0.25) is 0 Å². The van der Waals surface area contributed by atoms with Crippen LogP contribution in [0.5, 0.6) is 0 Å². The molecule has 2 nitrogen and oxygen atoms in total. The Morgan fingerprint density at radius 2 is 1.26 bits per heavy atom. The van der Waals surface area contributed by atoms with Crippen molar-refractivity contribution in [1.29, 1.82) is 0 Å². The van der Waals surface area contributed by atoms with Crippen molar-refractivity contribution in [3.8, 4) is 11.1 Å². The molecule has 61 heavy (non-hydrogen) atoms. The lowest BCUT2D eigenvalue weighted by molar-refractivity contribution is 0.392. The molecule has 7 aromatic carbocycles. The van der Waals surface area contributed by atoms with E-state index in [-0.39, 0.29) is 23.0 Å². The van der Waals surface area contributed by atoms with E-state index in [1.54, 1.807) is 0 Å². The van der Waals surface area contributed by atoms with Crippen LogP contribution in [0, 0.1) is 12.3 Å². The molecule has 304 valence electrons. The van der Waals surface area contributed by atoms with E-state index in [4.69, 9.17) is 0 Å². The fraction of sp³-hybridized carbons (Fsp3) is 0.310. The predicted molar refractivity (Wildman–Crippen MR) is 263 cm³/mol. The fourth-order valence-electron chi connectivity index (χ4n) is 11.5. The Kier molecular flexibility index (Phi) is 8.48.